The second-order valence-electron chi connectivity index (χ2n) is 2.21. The Hall–Kier alpha value is -1.46. The van der Waals surface area contributed by atoms with Crippen molar-refractivity contribution in [3.05, 3.63) is 0 Å². The standard InChI is InChI=1S/C5H10N4O3/c1-3(8-5(11)12)4(10)2-7-9-6/h3-4,6,8,10H,2H2,1H3/t3-,4?/m0/s1. The molecular formula is C5H10N4O3. The number of rotatable bonds is 4. The number of carbonyl (C=O) groups excluding carboxylic acids is 1. The van der Waals surface area contributed by atoms with Crippen LogP contribution in [0.4, 0.5) is 4.79 Å². The number of nitrogens with zero attached hydrogens (tertiary/aromatic N) is 2. The molecule has 3 N–H and O–H groups in total. The van der Waals surface area contributed by atoms with E-state index in [2.05, 4.69) is 10.0 Å². The van der Waals surface area contributed by atoms with E-state index in [1.165, 1.54) is 6.92 Å². The number of hydrogen-bond acceptors (Lipinski definition) is 5. The highest BCUT2D eigenvalue weighted by Crippen LogP contribution is 1.91. The van der Waals surface area contributed by atoms with E-state index < -0.39 is 18.2 Å². The molecule has 0 fully saturated rings. The molecule has 0 saturated heterocycles. The van der Waals surface area contributed by atoms with Crippen LogP contribution in [0.15, 0.2) is 5.11 Å². The highest BCUT2D eigenvalue weighted by molar-refractivity contribution is 5.62. The van der Waals surface area contributed by atoms with Gasteiger partial charge in [-0.3, -0.25) is 0 Å². The first-order valence-corrected chi connectivity index (χ1v) is 3.26. The molecule has 1 unspecified atom stereocenters. The lowest BCUT2D eigenvalue weighted by atomic mass is 10.2. The van der Waals surface area contributed by atoms with Crippen LogP contribution in [0.3, 0.4) is 0 Å². The Morgan fingerprint density at radius 1 is 1.92 bits per heavy atom. The molecule has 0 aliphatic rings. The summed E-state index contributed by atoms with van der Waals surface area (Å²) in [6, 6.07) is -0.680. The van der Waals surface area contributed by atoms with Crippen molar-refractivity contribution in [2.75, 3.05) is 6.54 Å². The van der Waals surface area contributed by atoms with Gasteiger partial charge in [0.25, 0.3) is 0 Å². The van der Waals surface area contributed by atoms with Gasteiger partial charge in [-0.05, 0) is 6.92 Å². The molecule has 2 atom stereocenters. The monoisotopic (exact) mass is 174 g/mol. The smallest absolute Gasteiger partial charge is 0.214 e. The van der Waals surface area contributed by atoms with E-state index in [1.54, 1.807) is 0 Å². The predicted octanol–water partition coefficient (Wildman–Crippen LogP) is -1.78. The van der Waals surface area contributed by atoms with E-state index in [0.717, 1.165) is 0 Å². The van der Waals surface area contributed by atoms with Gasteiger partial charge in [-0.1, -0.05) is 0 Å². The zero-order valence-electron chi connectivity index (χ0n) is 6.52. The summed E-state index contributed by atoms with van der Waals surface area (Å²) >= 11 is 0. The second kappa shape index (κ2) is 5.22. The largest absolute Gasteiger partial charge is 0.530 e. The Morgan fingerprint density at radius 3 is 2.92 bits per heavy atom. The van der Waals surface area contributed by atoms with E-state index in [9.17, 15) is 9.90 Å². The molecule has 0 radical (unpaired) electrons. The van der Waals surface area contributed by atoms with Gasteiger partial charge in [0.05, 0.1) is 6.04 Å². The fraction of sp³-hybridized carbons (Fsp3) is 0.800. The van der Waals surface area contributed by atoms with Crippen molar-refractivity contribution in [1.82, 2.24) is 10.2 Å². The highest BCUT2D eigenvalue weighted by Gasteiger charge is 2.14. The van der Waals surface area contributed by atoms with Gasteiger partial charge in [0, 0.05) is 0 Å². The first kappa shape index (κ1) is 10.5. The third kappa shape index (κ3) is 4.37. The van der Waals surface area contributed by atoms with Crippen molar-refractivity contribution in [2.45, 2.75) is 19.1 Å². The van der Waals surface area contributed by atoms with Gasteiger partial charge in [0.1, 0.15) is 22.8 Å². The maximum absolute atomic E-state index is 9.96. The van der Waals surface area contributed by atoms with E-state index >= 15 is 0 Å². The summed E-state index contributed by atoms with van der Waals surface area (Å²) in [7, 11) is 0. The van der Waals surface area contributed by atoms with Crippen molar-refractivity contribution in [1.29, 1.82) is 5.53 Å². The Morgan fingerprint density at radius 2 is 2.50 bits per heavy atom. The van der Waals surface area contributed by atoms with Crippen LogP contribution in [0.5, 0.6) is 0 Å². The highest BCUT2D eigenvalue weighted by atomic mass is 16.4. The number of aliphatic hydroxyl groups is 1. The van der Waals surface area contributed by atoms with Crippen molar-refractivity contribution in [3.8, 4) is 0 Å². The summed E-state index contributed by atoms with van der Waals surface area (Å²) in [4.78, 5) is 12.6. The van der Waals surface area contributed by atoms with Gasteiger partial charge in [0.15, 0.2) is 6.54 Å². The molecule has 0 aromatic heterocycles. The molecule has 0 aliphatic heterocycles. The molecular weight excluding hydrogens is 164 g/mol. The zero-order valence-corrected chi connectivity index (χ0v) is 6.52. The minimum absolute atomic E-state index is 0.106. The Labute approximate surface area is 68.6 Å². The molecule has 0 aromatic carbocycles. The Balaban J connectivity index is 3.83. The van der Waals surface area contributed by atoms with Crippen molar-refractivity contribution < 1.29 is 15.0 Å². The van der Waals surface area contributed by atoms with Crippen molar-refractivity contribution >= 4 is 6.09 Å². The van der Waals surface area contributed by atoms with Crippen LogP contribution in [0.2, 0.25) is 0 Å². The maximum atomic E-state index is 9.96. The van der Waals surface area contributed by atoms with Crippen molar-refractivity contribution in [2.24, 2.45) is 5.11 Å². The van der Waals surface area contributed by atoms with Gasteiger partial charge in [-0.15, -0.1) is 0 Å². The van der Waals surface area contributed by atoms with Gasteiger partial charge in [0.2, 0.25) is 4.91 Å². The average Bonchev–Trinajstić information content (AvgIpc) is 1.98. The van der Waals surface area contributed by atoms with Crippen LogP contribution in [0, 0.1) is 5.53 Å². The summed E-state index contributed by atoms with van der Waals surface area (Å²) in [5.41, 5.74) is 6.28. The first-order chi connectivity index (χ1) is 5.57. The van der Waals surface area contributed by atoms with Gasteiger partial charge in [-0.2, -0.15) is 0 Å². The van der Waals surface area contributed by atoms with Crippen LogP contribution in [-0.2, 0) is 0 Å². The van der Waals surface area contributed by atoms with Gasteiger partial charge >= 0.3 is 0 Å². The molecule has 0 rings (SSSR count). The molecule has 1 amide bonds. The topological polar surface area (TPSA) is 123 Å². The molecule has 0 aliphatic carbocycles. The molecule has 0 aromatic rings. The minimum Gasteiger partial charge on any atom is -0.530 e. The zero-order chi connectivity index (χ0) is 9.56. The molecule has 0 saturated carbocycles. The molecule has 0 bridgehead atoms. The molecule has 0 spiro atoms. The average molecular weight is 174 g/mol. The Kier molecular flexibility index (Phi) is 4.59. The number of carbonyl (C=O) groups is 1. The summed E-state index contributed by atoms with van der Waals surface area (Å²) in [5, 5.41) is 24.2. The lowest BCUT2D eigenvalue weighted by Gasteiger charge is -2.18. The van der Waals surface area contributed by atoms with Gasteiger partial charge in [-0.25, -0.2) is 0 Å². The van der Waals surface area contributed by atoms with E-state index in [1.807, 2.05) is 5.32 Å². The molecule has 12 heavy (non-hydrogen) atoms. The lowest BCUT2D eigenvalue weighted by molar-refractivity contribution is -0.252. The molecule has 7 heteroatoms. The number of amides is 1. The van der Waals surface area contributed by atoms with Crippen molar-refractivity contribution in [3.63, 3.8) is 0 Å². The van der Waals surface area contributed by atoms with Crippen LogP contribution in [0.25, 0.3) is 0 Å². The molecule has 68 valence electrons. The summed E-state index contributed by atoms with van der Waals surface area (Å²) in [5.74, 6) is 0. The van der Waals surface area contributed by atoms with Crippen LogP contribution < -0.4 is 15.3 Å². The predicted molar refractivity (Wildman–Crippen MR) is 36.1 cm³/mol. The summed E-state index contributed by atoms with van der Waals surface area (Å²) < 4.78 is 0. The van der Waals surface area contributed by atoms with E-state index in [0.29, 0.717) is 0 Å². The number of hydrogen-bond donors (Lipinski definition) is 3. The quantitative estimate of drug-likeness (QED) is 0.344. The fourth-order valence-corrected chi connectivity index (χ4v) is 0.565. The van der Waals surface area contributed by atoms with Crippen LogP contribution in [0.1, 0.15) is 6.92 Å². The third-order valence-corrected chi connectivity index (χ3v) is 1.26. The van der Waals surface area contributed by atoms with Gasteiger partial charge < -0.3 is 20.3 Å². The third-order valence-electron chi connectivity index (χ3n) is 1.26. The van der Waals surface area contributed by atoms with Crippen LogP contribution >= 0.6 is 0 Å². The Bertz CT molecular complexity index is 193. The normalized spacial score (nSPS) is 14.2. The maximum Gasteiger partial charge on any atom is 0.214 e. The first-order valence-electron chi connectivity index (χ1n) is 3.26. The minimum atomic E-state index is -1.45. The van der Waals surface area contributed by atoms with Crippen LogP contribution in [-0.4, -0.2) is 29.9 Å². The lowest BCUT2D eigenvalue weighted by Crippen LogP contribution is -2.48. The van der Waals surface area contributed by atoms with E-state index in [4.69, 9.17) is 10.6 Å². The fourth-order valence-electron chi connectivity index (χ4n) is 0.565. The second-order valence-corrected chi connectivity index (χ2v) is 2.21. The summed E-state index contributed by atoms with van der Waals surface area (Å²) in [6.07, 6.45) is -2.44. The number of aliphatic hydroxyl groups excluding tert-OH is 1. The molecule has 0 heterocycles. The SMILES string of the molecule is C[C@H](NC(=O)[O-])C(O)CN=[N+]=N. The van der Waals surface area contributed by atoms with E-state index in [-0.39, 0.29) is 6.54 Å². The molecule has 7 nitrogen and oxygen atoms in total. The number of nitrogens with one attached hydrogen (secondary N) is 2. The summed E-state index contributed by atoms with van der Waals surface area (Å²) in [6.45, 7) is 1.35. The number of carboxylic acid groups (broad SMARTS) is 1.